The maximum atomic E-state index is 13.6. The average Bonchev–Trinajstić information content (AvgIpc) is 3.33. The van der Waals surface area contributed by atoms with Gasteiger partial charge >= 0.3 is 6.18 Å². The van der Waals surface area contributed by atoms with Crippen LogP contribution in [0.2, 0.25) is 0 Å². The number of alkyl halides is 3. The first-order chi connectivity index (χ1) is 15.8. The van der Waals surface area contributed by atoms with Crippen molar-refractivity contribution in [3.63, 3.8) is 0 Å². The minimum absolute atomic E-state index is 0.0493. The summed E-state index contributed by atoms with van der Waals surface area (Å²) in [4.78, 5) is 24.3. The molecule has 2 amide bonds. The van der Waals surface area contributed by atoms with Crippen LogP contribution in [-0.2, 0) is 11.0 Å². The second-order valence-corrected chi connectivity index (χ2v) is 7.04. The highest BCUT2D eigenvalue weighted by molar-refractivity contribution is 6.02. The minimum Gasteiger partial charge on any atom is -0.484 e. The predicted molar refractivity (Wildman–Crippen MR) is 116 cm³/mol. The van der Waals surface area contributed by atoms with E-state index in [2.05, 4.69) is 10.6 Å². The van der Waals surface area contributed by atoms with Crippen molar-refractivity contribution in [2.24, 2.45) is 0 Å². The van der Waals surface area contributed by atoms with Crippen molar-refractivity contribution >= 4 is 34.0 Å². The summed E-state index contributed by atoms with van der Waals surface area (Å²) >= 11 is 0. The first kappa shape index (κ1) is 21.9. The molecule has 168 valence electrons. The third-order valence-electron chi connectivity index (χ3n) is 4.69. The molecule has 9 heteroatoms. The fourth-order valence-electron chi connectivity index (χ4n) is 3.16. The van der Waals surface area contributed by atoms with Gasteiger partial charge in [-0.2, -0.15) is 13.2 Å². The Morgan fingerprint density at radius 3 is 2.39 bits per heavy atom. The lowest BCUT2D eigenvalue weighted by Gasteiger charge is -2.16. The Morgan fingerprint density at radius 1 is 0.879 bits per heavy atom. The van der Waals surface area contributed by atoms with E-state index in [9.17, 15) is 22.8 Å². The standard InChI is InChI=1S/C24H17F3N2O4/c25-24(26,27)19-13-17(28-23(31)21-6-3-11-32-21)8-10-20(19)29-22(30)14-33-18-9-7-15-4-1-2-5-16(15)12-18/h1-13H,14H2,(H,28,31)(H,29,30). The Morgan fingerprint density at radius 2 is 1.67 bits per heavy atom. The number of halogens is 3. The van der Waals surface area contributed by atoms with Crippen molar-refractivity contribution in [1.82, 2.24) is 0 Å². The topological polar surface area (TPSA) is 80.6 Å². The molecule has 0 atom stereocenters. The minimum atomic E-state index is -4.77. The van der Waals surface area contributed by atoms with Crippen LogP contribution in [0.5, 0.6) is 5.75 Å². The largest absolute Gasteiger partial charge is 0.484 e. The molecule has 1 aromatic heterocycles. The molecule has 1 heterocycles. The molecule has 33 heavy (non-hydrogen) atoms. The molecule has 4 rings (SSSR count). The second kappa shape index (κ2) is 9.07. The maximum Gasteiger partial charge on any atom is 0.418 e. The molecule has 2 N–H and O–H groups in total. The molecule has 0 unspecified atom stereocenters. The van der Waals surface area contributed by atoms with Crippen molar-refractivity contribution in [3.05, 3.63) is 90.4 Å². The maximum absolute atomic E-state index is 13.6. The van der Waals surface area contributed by atoms with E-state index in [0.717, 1.165) is 22.9 Å². The zero-order chi connectivity index (χ0) is 23.4. The number of fused-ring (bicyclic) bond motifs is 1. The summed E-state index contributed by atoms with van der Waals surface area (Å²) in [6.07, 6.45) is -3.50. The number of hydrogen-bond donors (Lipinski definition) is 2. The van der Waals surface area contributed by atoms with Gasteiger partial charge in [-0.15, -0.1) is 0 Å². The number of hydrogen-bond acceptors (Lipinski definition) is 4. The SMILES string of the molecule is O=C(COc1ccc2ccccc2c1)Nc1ccc(NC(=O)c2ccco2)cc1C(F)(F)F. The number of furan rings is 1. The first-order valence-electron chi connectivity index (χ1n) is 9.77. The second-order valence-electron chi connectivity index (χ2n) is 7.04. The highest BCUT2D eigenvalue weighted by atomic mass is 19.4. The van der Waals surface area contributed by atoms with Crippen LogP contribution in [0.15, 0.2) is 83.5 Å². The van der Waals surface area contributed by atoms with Gasteiger partial charge in [-0.05, 0) is 53.2 Å². The van der Waals surface area contributed by atoms with E-state index >= 15 is 0 Å². The fraction of sp³-hybridized carbons (Fsp3) is 0.0833. The van der Waals surface area contributed by atoms with E-state index < -0.39 is 35.8 Å². The van der Waals surface area contributed by atoms with Crippen LogP contribution in [0.25, 0.3) is 10.8 Å². The van der Waals surface area contributed by atoms with E-state index in [1.807, 2.05) is 30.3 Å². The van der Waals surface area contributed by atoms with Crippen molar-refractivity contribution in [1.29, 1.82) is 0 Å². The van der Waals surface area contributed by atoms with Crippen LogP contribution in [0.4, 0.5) is 24.5 Å². The number of ether oxygens (including phenoxy) is 1. The summed E-state index contributed by atoms with van der Waals surface area (Å²) in [6, 6.07) is 18.7. The molecule has 0 saturated carbocycles. The molecule has 0 bridgehead atoms. The molecule has 0 aliphatic carbocycles. The summed E-state index contributed by atoms with van der Waals surface area (Å²) in [5, 5.41) is 6.44. The van der Waals surface area contributed by atoms with Crippen molar-refractivity contribution in [3.8, 4) is 5.75 Å². The van der Waals surface area contributed by atoms with Crippen LogP contribution in [-0.4, -0.2) is 18.4 Å². The number of amides is 2. The lowest BCUT2D eigenvalue weighted by molar-refractivity contribution is -0.137. The Hall–Kier alpha value is -4.27. The van der Waals surface area contributed by atoms with Crippen LogP contribution in [0.3, 0.4) is 0 Å². The Kier molecular flexibility index (Phi) is 6.03. The van der Waals surface area contributed by atoms with E-state index in [1.54, 1.807) is 12.1 Å². The van der Waals surface area contributed by atoms with E-state index in [0.29, 0.717) is 5.75 Å². The zero-order valence-electron chi connectivity index (χ0n) is 17.0. The number of anilines is 2. The summed E-state index contributed by atoms with van der Waals surface area (Å²) < 4.78 is 51.1. The Balaban J connectivity index is 1.45. The number of nitrogens with one attached hydrogen (secondary N) is 2. The summed E-state index contributed by atoms with van der Waals surface area (Å²) in [6.45, 7) is -0.480. The Bertz CT molecular complexity index is 1300. The van der Waals surface area contributed by atoms with Crippen LogP contribution >= 0.6 is 0 Å². The summed E-state index contributed by atoms with van der Waals surface area (Å²) in [7, 11) is 0. The van der Waals surface area contributed by atoms with Gasteiger partial charge in [-0.3, -0.25) is 9.59 Å². The Labute approximate surface area is 186 Å². The normalized spacial score (nSPS) is 11.2. The van der Waals surface area contributed by atoms with Crippen molar-refractivity contribution in [2.45, 2.75) is 6.18 Å². The summed E-state index contributed by atoms with van der Waals surface area (Å²) in [5.41, 5.74) is -1.67. The lowest BCUT2D eigenvalue weighted by Crippen LogP contribution is -2.22. The van der Waals surface area contributed by atoms with Gasteiger partial charge in [-0.1, -0.05) is 30.3 Å². The smallest absolute Gasteiger partial charge is 0.418 e. The number of carbonyl (C=O) groups is 2. The first-order valence-corrected chi connectivity index (χ1v) is 9.77. The highest BCUT2D eigenvalue weighted by Crippen LogP contribution is 2.36. The van der Waals surface area contributed by atoms with E-state index in [1.165, 1.54) is 24.5 Å². The number of carbonyl (C=O) groups excluding carboxylic acids is 2. The average molecular weight is 454 g/mol. The quantitative estimate of drug-likeness (QED) is 0.390. The van der Waals surface area contributed by atoms with Gasteiger partial charge in [0.25, 0.3) is 11.8 Å². The third-order valence-corrected chi connectivity index (χ3v) is 4.69. The summed E-state index contributed by atoms with van der Waals surface area (Å²) in [5.74, 6) is -1.10. The van der Waals surface area contributed by atoms with Crippen LogP contribution in [0.1, 0.15) is 16.1 Å². The molecule has 0 fully saturated rings. The van der Waals surface area contributed by atoms with Gasteiger partial charge in [0.05, 0.1) is 17.5 Å². The molecule has 0 spiro atoms. The van der Waals surface area contributed by atoms with Crippen LogP contribution in [0, 0.1) is 0 Å². The van der Waals surface area contributed by atoms with Gasteiger partial charge in [0.1, 0.15) is 5.75 Å². The molecular formula is C24H17F3N2O4. The molecule has 0 saturated heterocycles. The third kappa shape index (κ3) is 5.32. The lowest BCUT2D eigenvalue weighted by atomic mass is 10.1. The fourth-order valence-corrected chi connectivity index (χ4v) is 3.16. The van der Waals surface area contributed by atoms with Gasteiger partial charge in [-0.25, -0.2) is 0 Å². The monoisotopic (exact) mass is 454 g/mol. The molecule has 0 aliphatic rings. The molecule has 0 radical (unpaired) electrons. The van der Waals surface area contributed by atoms with Gasteiger partial charge in [0, 0.05) is 5.69 Å². The zero-order valence-corrected chi connectivity index (χ0v) is 17.0. The molecular weight excluding hydrogens is 437 g/mol. The van der Waals surface area contributed by atoms with Gasteiger partial charge in [0.2, 0.25) is 0 Å². The molecule has 3 aromatic carbocycles. The number of benzene rings is 3. The molecule has 6 nitrogen and oxygen atoms in total. The molecule has 0 aliphatic heterocycles. The number of rotatable bonds is 6. The van der Waals surface area contributed by atoms with Crippen molar-refractivity contribution in [2.75, 3.05) is 17.2 Å². The van der Waals surface area contributed by atoms with Gasteiger partial charge < -0.3 is 19.8 Å². The molecule has 4 aromatic rings. The highest BCUT2D eigenvalue weighted by Gasteiger charge is 2.34. The van der Waals surface area contributed by atoms with Gasteiger partial charge in [0.15, 0.2) is 12.4 Å². The predicted octanol–water partition coefficient (Wildman–Crippen LogP) is 5.72. The van der Waals surface area contributed by atoms with Crippen molar-refractivity contribution < 1.29 is 31.9 Å². The van der Waals surface area contributed by atoms with Crippen LogP contribution < -0.4 is 15.4 Å². The van der Waals surface area contributed by atoms with E-state index in [4.69, 9.17) is 9.15 Å². The van der Waals surface area contributed by atoms with E-state index in [-0.39, 0.29) is 11.4 Å².